The lowest BCUT2D eigenvalue weighted by molar-refractivity contribution is -0.123. The number of anilines is 1. The van der Waals surface area contributed by atoms with Gasteiger partial charge < -0.3 is 4.90 Å². The minimum Gasteiger partial charge on any atom is -0.311 e. The highest BCUT2D eigenvalue weighted by molar-refractivity contribution is 7.89. The molecule has 0 N–H and O–H groups in total. The number of nitrogens with zero attached hydrogens (tertiary/aromatic N) is 3. The number of benzene rings is 1. The summed E-state index contributed by atoms with van der Waals surface area (Å²) < 4.78 is 40.3. The normalized spacial score (nSPS) is 18.5. The summed E-state index contributed by atoms with van der Waals surface area (Å²) in [6, 6.07) is 7.65. The molecule has 1 aromatic carbocycles. The maximum Gasteiger partial charge on any atom is 0.244 e. The summed E-state index contributed by atoms with van der Waals surface area (Å²) in [5.74, 6) is -0.650. The second-order valence-corrected chi connectivity index (χ2v) is 8.82. The van der Waals surface area contributed by atoms with Crippen LogP contribution in [0.4, 0.5) is 10.1 Å². The van der Waals surface area contributed by atoms with E-state index >= 15 is 0 Å². The maximum absolute atomic E-state index is 13.6. The van der Waals surface area contributed by atoms with E-state index in [1.54, 1.807) is 17.0 Å². The number of hydrogen-bond acceptors (Lipinski definition) is 4. The molecule has 4 rings (SSSR count). The van der Waals surface area contributed by atoms with Gasteiger partial charge in [-0.05, 0) is 49.1 Å². The van der Waals surface area contributed by atoms with E-state index in [1.807, 2.05) is 0 Å². The first-order chi connectivity index (χ1) is 13.0. The minimum absolute atomic E-state index is 0.0437. The number of amides is 1. The van der Waals surface area contributed by atoms with Gasteiger partial charge in [0.2, 0.25) is 15.9 Å². The van der Waals surface area contributed by atoms with Crippen LogP contribution in [-0.2, 0) is 21.2 Å². The van der Waals surface area contributed by atoms with Crippen molar-refractivity contribution in [2.45, 2.75) is 24.2 Å². The molecule has 0 aliphatic carbocycles. The molecule has 2 aromatic rings. The van der Waals surface area contributed by atoms with Crippen molar-refractivity contribution < 1.29 is 17.6 Å². The van der Waals surface area contributed by atoms with Crippen LogP contribution in [0.2, 0.25) is 0 Å². The third-order valence-corrected chi connectivity index (χ3v) is 7.17. The number of sulfonamides is 1. The molecular formula is C19H20FN3O3S. The van der Waals surface area contributed by atoms with Gasteiger partial charge in [0.15, 0.2) is 0 Å². The molecule has 6 nitrogen and oxygen atoms in total. The van der Waals surface area contributed by atoms with Crippen molar-refractivity contribution in [3.8, 4) is 0 Å². The molecule has 1 amide bonds. The monoisotopic (exact) mass is 389 g/mol. The fraction of sp³-hybridized carbons (Fsp3) is 0.368. The minimum atomic E-state index is -3.59. The Balaban J connectivity index is 1.45. The fourth-order valence-electron chi connectivity index (χ4n) is 3.79. The first kappa shape index (κ1) is 18.1. The number of carbonyl (C=O) groups excluding carboxylic acids is 1. The van der Waals surface area contributed by atoms with E-state index in [2.05, 4.69) is 4.98 Å². The molecule has 0 radical (unpaired) electrons. The van der Waals surface area contributed by atoms with Gasteiger partial charge in [0.25, 0.3) is 0 Å². The van der Waals surface area contributed by atoms with Crippen LogP contribution >= 0.6 is 0 Å². The van der Waals surface area contributed by atoms with Crippen molar-refractivity contribution in [2.75, 3.05) is 24.5 Å². The summed E-state index contributed by atoms with van der Waals surface area (Å²) in [7, 11) is -3.59. The van der Waals surface area contributed by atoms with Gasteiger partial charge in [0, 0.05) is 43.6 Å². The second-order valence-electron chi connectivity index (χ2n) is 6.88. The Bertz CT molecular complexity index is 957. The average molecular weight is 389 g/mol. The summed E-state index contributed by atoms with van der Waals surface area (Å²) in [5, 5.41) is 0. The number of piperidine rings is 1. The van der Waals surface area contributed by atoms with E-state index in [9.17, 15) is 17.6 Å². The highest BCUT2D eigenvalue weighted by atomic mass is 32.2. The number of pyridine rings is 1. The summed E-state index contributed by atoms with van der Waals surface area (Å²) >= 11 is 0. The molecule has 142 valence electrons. The molecule has 8 heteroatoms. The molecule has 0 saturated carbocycles. The van der Waals surface area contributed by atoms with Crippen molar-refractivity contribution >= 4 is 21.6 Å². The van der Waals surface area contributed by atoms with Crippen LogP contribution in [0.25, 0.3) is 0 Å². The van der Waals surface area contributed by atoms with Crippen LogP contribution in [0.5, 0.6) is 0 Å². The SMILES string of the molecule is O=C(C1CCN(S(=O)(=O)c2cccnc2)CC1)N1CCc2ccc(F)cc21. The Kier molecular flexibility index (Phi) is 4.69. The quantitative estimate of drug-likeness (QED) is 0.807. The lowest BCUT2D eigenvalue weighted by Crippen LogP contribution is -2.44. The lowest BCUT2D eigenvalue weighted by Gasteiger charge is -2.32. The number of fused-ring (bicyclic) bond motifs is 1. The zero-order chi connectivity index (χ0) is 19.0. The summed E-state index contributed by atoms with van der Waals surface area (Å²) in [5.41, 5.74) is 1.62. The van der Waals surface area contributed by atoms with Crippen molar-refractivity contribution in [2.24, 2.45) is 5.92 Å². The predicted octanol–water partition coefficient (Wildman–Crippen LogP) is 2.21. The van der Waals surface area contributed by atoms with Gasteiger partial charge in [0.05, 0.1) is 0 Å². The van der Waals surface area contributed by atoms with Crippen molar-refractivity contribution in [1.29, 1.82) is 0 Å². The van der Waals surface area contributed by atoms with Crippen molar-refractivity contribution in [3.63, 3.8) is 0 Å². The van der Waals surface area contributed by atoms with Gasteiger partial charge in [-0.2, -0.15) is 4.31 Å². The van der Waals surface area contributed by atoms with Crippen LogP contribution in [0, 0.1) is 11.7 Å². The van der Waals surface area contributed by atoms with E-state index in [1.165, 1.54) is 34.9 Å². The van der Waals surface area contributed by atoms with Gasteiger partial charge >= 0.3 is 0 Å². The zero-order valence-electron chi connectivity index (χ0n) is 14.7. The number of hydrogen-bond donors (Lipinski definition) is 0. The molecule has 27 heavy (non-hydrogen) atoms. The van der Waals surface area contributed by atoms with Gasteiger partial charge in [0.1, 0.15) is 10.7 Å². The van der Waals surface area contributed by atoms with E-state index in [-0.39, 0.29) is 35.6 Å². The molecule has 1 saturated heterocycles. The maximum atomic E-state index is 13.6. The zero-order valence-corrected chi connectivity index (χ0v) is 15.5. The molecule has 0 bridgehead atoms. The Hall–Kier alpha value is -2.32. The molecule has 0 spiro atoms. The number of rotatable bonds is 3. The molecule has 2 aliphatic heterocycles. The van der Waals surface area contributed by atoms with Gasteiger partial charge in [-0.1, -0.05) is 6.07 Å². The van der Waals surface area contributed by atoms with E-state index in [0.29, 0.717) is 25.1 Å². The van der Waals surface area contributed by atoms with Crippen LogP contribution < -0.4 is 4.90 Å². The molecule has 1 fully saturated rings. The Labute approximate surface area is 157 Å². The van der Waals surface area contributed by atoms with Crippen LogP contribution in [-0.4, -0.2) is 43.2 Å². The van der Waals surface area contributed by atoms with E-state index < -0.39 is 10.0 Å². The van der Waals surface area contributed by atoms with Crippen molar-refractivity contribution in [1.82, 2.24) is 9.29 Å². The highest BCUT2D eigenvalue weighted by Crippen LogP contribution is 2.32. The fourth-order valence-corrected chi connectivity index (χ4v) is 5.23. The molecule has 0 atom stereocenters. The lowest BCUT2D eigenvalue weighted by atomic mass is 9.96. The number of aromatic nitrogens is 1. The van der Waals surface area contributed by atoms with Crippen LogP contribution in [0.15, 0.2) is 47.6 Å². The van der Waals surface area contributed by atoms with Crippen molar-refractivity contribution in [3.05, 3.63) is 54.1 Å². The van der Waals surface area contributed by atoms with Gasteiger partial charge in [-0.3, -0.25) is 9.78 Å². The smallest absolute Gasteiger partial charge is 0.244 e. The molecule has 1 aromatic heterocycles. The summed E-state index contributed by atoms with van der Waals surface area (Å²) in [6.07, 6.45) is 4.50. The molecule has 2 aliphatic rings. The summed E-state index contributed by atoms with van der Waals surface area (Å²) in [6.45, 7) is 1.13. The van der Waals surface area contributed by atoms with E-state index in [0.717, 1.165) is 12.0 Å². The third kappa shape index (κ3) is 3.35. The molecule has 0 unspecified atom stereocenters. The summed E-state index contributed by atoms with van der Waals surface area (Å²) in [4.78, 5) is 18.6. The highest BCUT2D eigenvalue weighted by Gasteiger charge is 2.36. The first-order valence-electron chi connectivity index (χ1n) is 8.97. The molecule has 3 heterocycles. The topological polar surface area (TPSA) is 70.6 Å². The molecular weight excluding hydrogens is 369 g/mol. The van der Waals surface area contributed by atoms with E-state index in [4.69, 9.17) is 0 Å². The number of carbonyl (C=O) groups is 1. The van der Waals surface area contributed by atoms with Gasteiger partial charge in [-0.25, -0.2) is 12.8 Å². The Morgan fingerprint density at radius 2 is 1.93 bits per heavy atom. The largest absolute Gasteiger partial charge is 0.311 e. The van der Waals surface area contributed by atoms with Crippen LogP contribution in [0.1, 0.15) is 18.4 Å². The number of halogens is 1. The predicted molar refractivity (Wildman–Crippen MR) is 98.2 cm³/mol. The Morgan fingerprint density at radius 3 is 2.63 bits per heavy atom. The van der Waals surface area contributed by atoms with Gasteiger partial charge in [-0.15, -0.1) is 0 Å². The standard InChI is InChI=1S/C19H20FN3O3S/c20-16-4-3-14-7-11-23(18(14)12-16)19(24)15-5-9-22(10-6-15)27(25,26)17-2-1-8-21-13-17/h1-4,8,12-13,15H,5-7,9-11H2. The van der Waals surface area contributed by atoms with Crippen LogP contribution in [0.3, 0.4) is 0 Å². The Morgan fingerprint density at radius 1 is 1.15 bits per heavy atom. The first-order valence-corrected chi connectivity index (χ1v) is 10.4. The second kappa shape index (κ2) is 7.01. The average Bonchev–Trinajstić information content (AvgIpc) is 3.11. The third-order valence-electron chi connectivity index (χ3n) is 5.28.